The first-order chi connectivity index (χ1) is 11.2. The van der Waals surface area contributed by atoms with E-state index in [0.717, 1.165) is 19.3 Å². The maximum atomic E-state index is 12.2. The predicted octanol–water partition coefficient (Wildman–Crippen LogP) is 3.08. The number of rotatable bonds is 3. The second-order valence-electron chi connectivity index (χ2n) is 10.7. The number of hydrogen-bond acceptors (Lipinski definition) is 4. The summed E-state index contributed by atoms with van der Waals surface area (Å²) in [6.07, 6.45) is 3.58. The number of carboxylic acid groups (broad SMARTS) is 1. The second-order valence-corrected chi connectivity index (χ2v) is 10.7. The normalized spacial score (nSPS) is 43.6. The average Bonchev–Trinajstić information content (AvgIpc) is 2.26. The maximum Gasteiger partial charge on any atom is 0.408 e. The number of carbonyl (C=O) groups excluding carboxylic acids is 1. The minimum absolute atomic E-state index is 0.0818. The fourth-order valence-electron chi connectivity index (χ4n) is 6.93. The van der Waals surface area contributed by atoms with Crippen LogP contribution in [-0.2, 0) is 9.53 Å². The molecule has 4 bridgehead atoms. The number of nitrogens with one attached hydrogen (secondary N) is 1. The third-order valence-electron chi connectivity index (χ3n) is 6.12. The van der Waals surface area contributed by atoms with E-state index in [1.165, 1.54) is 0 Å². The Morgan fingerprint density at radius 1 is 1.00 bits per heavy atom. The van der Waals surface area contributed by atoms with Gasteiger partial charge in [-0.3, -0.25) is 0 Å². The van der Waals surface area contributed by atoms with Crippen LogP contribution in [0.25, 0.3) is 0 Å². The monoisotopic (exact) mass is 353 g/mol. The Balaban J connectivity index is 1.91. The highest BCUT2D eigenvalue weighted by molar-refractivity contribution is 5.81. The zero-order chi connectivity index (χ0) is 18.9. The van der Waals surface area contributed by atoms with Gasteiger partial charge in [-0.05, 0) is 70.1 Å². The number of amides is 1. The highest BCUT2D eigenvalue weighted by Gasteiger charge is 2.68. The van der Waals surface area contributed by atoms with E-state index in [0.29, 0.717) is 19.3 Å². The van der Waals surface area contributed by atoms with Crippen molar-refractivity contribution in [2.75, 3.05) is 0 Å². The molecule has 4 saturated carbocycles. The molecule has 1 amide bonds. The van der Waals surface area contributed by atoms with Crippen LogP contribution in [-0.4, -0.2) is 39.5 Å². The molecule has 4 fully saturated rings. The number of aliphatic hydroxyl groups is 1. The number of ether oxygens (including phenoxy) is 1. The third kappa shape index (κ3) is 3.37. The van der Waals surface area contributed by atoms with Crippen molar-refractivity contribution in [1.82, 2.24) is 5.32 Å². The highest BCUT2D eigenvalue weighted by atomic mass is 16.6. The van der Waals surface area contributed by atoms with Crippen LogP contribution in [0.2, 0.25) is 0 Å². The van der Waals surface area contributed by atoms with Gasteiger partial charge in [0.15, 0.2) is 0 Å². The van der Waals surface area contributed by atoms with Gasteiger partial charge in [0.2, 0.25) is 0 Å². The maximum absolute atomic E-state index is 12.2. The van der Waals surface area contributed by atoms with Crippen molar-refractivity contribution in [3.8, 4) is 0 Å². The van der Waals surface area contributed by atoms with Gasteiger partial charge in [0.25, 0.3) is 0 Å². The fraction of sp³-hybridized carbons (Fsp3) is 0.895. The van der Waals surface area contributed by atoms with Crippen molar-refractivity contribution in [2.45, 2.75) is 90.4 Å². The summed E-state index contributed by atoms with van der Waals surface area (Å²) < 4.78 is 5.28. The summed E-state index contributed by atoms with van der Waals surface area (Å²) in [6.45, 7) is 9.54. The van der Waals surface area contributed by atoms with Gasteiger partial charge in [-0.1, -0.05) is 13.8 Å². The van der Waals surface area contributed by atoms with Gasteiger partial charge in [-0.15, -0.1) is 0 Å². The fourth-order valence-corrected chi connectivity index (χ4v) is 6.93. The van der Waals surface area contributed by atoms with Gasteiger partial charge in [0.05, 0.1) is 5.60 Å². The molecule has 0 aliphatic heterocycles. The highest BCUT2D eigenvalue weighted by Crippen LogP contribution is 2.71. The Kier molecular flexibility index (Phi) is 3.79. The zero-order valence-electron chi connectivity index (χ0n) is 15.9. The summed E-state index contributed by atoms with van der Waals surface area (Å²) in [4.78, 5) is 24.3. The van der Waals surface area contributed by atoms with Crippen LogP contribution >= 0.6 is 0 Å². The van der Waals surface area contributed by atoms with Crippen molar-refractivity contribution < 1.29 is 24.5 Å². The Morgan fingerprint density at radius 3 is 1.92 bits per heavy atom. The van der Waals surface area contributed by atoms with Crippen LogP contribution < -0.4 is 5.32 Å². The van der Waals surface area contributed by atoms with Gasteiger partial charge < -0.3 is 20.3 Å². The van der Waals surface area contributed by atoms with E-state index in [4.69, 9.17) is 4.74 Å². The van der Waals surface area contributed by atoms with E-state index < -0.39 is 34.7 Å². The molecule has 4 aliphatic rings. The molecule has 6 nitrogen and oxygen atoms in total. The number of carbonyl (C=O) groups is 2. The first-order valence-corrected chi connectivity index (χ1v) is 9.12. The van der Waals surface area contributed by atoms with E-state index in [1.807, 2.05) is 0 Å². The summed E-state index contributed by atoms with van der Waals surface area (Å²) in [6, 6.07) is -1.05. The number of hydrogen-bond donors (Lipinski definition) is 3. The van der Waals surface area contributed by atoms with Gasteiger partial charge in [0, 0.05) is 5.41 Å². The number of aliphatic carboxylic acids is 1. The van der Waals surface area contributed by atoms with E-state index in [9.17, 15) is 19.8 Å². The zero-order valence-corrected chi connectivity index (χ0v) is 15.9. The lowest BCUT2D eigenvalue weighted by Crippen LogP contribution is -2.69. The first-order valence-electron chi connectivity index (χ1n) is 9.12. The molecule has 0 aromatic carbocycles. The average molecular weight is 353 g/mol. The van der Waals surface area contributed by atoms with Crippen molar-refractivity contribution in [2.24, 2.45) is 16.2 Å². The van der Waals surface area contributed by atoms with Gasteiger partial charge in [-0.2, -0.15) is 0 Å². The van der Waals surface area contributed by atoms with Crippen LogP contribution in [0.15, 0.2) is 0 Å². The summed E-state index contributed by atoms with van der Waals surface area (Å²) in [5.41, 5.74) is -2.31. The molecule has 0 aromatic heterocycles. The minimum Gasteiger partial charge on any atom is -0.480 e. The molecule has 4 rings (SSSR count). The van der Waals surface area contributed by atoms with Crippen molar-refractivity contribution in [1.29, 1.82) is 0 Å². The van der Waals surface area contributed by atoms with Crippen LogP contribution in [0.4, 0.5) is 4.79 Å². The number of alkyl carbamates (subject to hydrolysis) is 1. The molecule has 0 radical (unpaired) electrons. The summed E-state index contributed by atoms with van der Waals surface area (Å²) in [5, 5.41) is 23.6. The molecule has 4 aliphatic carbocycles. The standard InChI is InChI=1S/C19H31NO5/c1-15(2,3)25-14(23)20-12(13(21)22)18-7-16(4)6-17(5,8-18)10-19(24,9-16)11-18/h12,24H,6-11H2,1-5H3,(H,20,23)(H,21,22). The lowest BCUT2D eigenvalue weighted by atomic mass is 9.38. The second kappa shape index (κ2) is 5.12. The minimum atomic E-state index is -1.05. The van der Waals surface area contributed by atoms with Crippen LogP contribution in [0, 0.1) is 16.2 Å². The molecule has 0 spiro atoms. The molecule has 0 aromatic rings. The Hall–Kier alpha value is -1.30. The van der Waals surface area contributed by atoms with Crippen molar-refractivity contribution >= 4 is 12.1 Å². The smallest absolute Gasteiger partial charge is 0.408 e. The molecule has 142 valence electrons. The SMILES string of the molecule is CC12CC3(C)CC(O)(C1)CC(C(NC(=O)OC(C)(C)C)C(=O)O)(C2)C3. The molecule has 6 heteroatoms. The predicted molar refractivity (Wildman–Crippen MR) is 92.1 cm³/mol. The first kappa shape index (κ1) is 18.5. The number of carboxylic acids is 1. The Labute approximate surface area is 149 Å². The van der Waals surface area contributed by atoms with Crippen LogP contribution in [0.3, 0.4) is 0 Å². The van der Waals surface area contributed by atoms with E-state index in [1.54, 1.807) is 20.8 Å². The van der Waals surface area contributed by atoms with Gasteiger partial charge >= 0.3 is 12.1 Å². The summed E-state index contributed by atoms with van der Waals surface area (Å²) in [7, 11) is 0. The lowest BCUT2D eigenvalue weighted by Gasteiger charge is -2.69. The molecule has 3 unspecified atom stereocenters. The topological polar surface area (TPSA) is 95.9 Å². The van der Waals surface area contributed by atoms with E-state index >= 15 is 0 Å². The molecule has 25 heavy (non-hydrogen) atoms. The third-order valence-corrected chi connectivity index (χ3v) is 6.12. The Morgan fingerprint density at radius 2 is 1.52 bits per heavy atom. The van der Waals surface area contributed by atoms with Crippen molar-refractivity contribution in [3.05, 3.63) is 0 Å². The quantitative estimate of drug-likeness (QED) is 0.725. The van der Waals surface area contributed by atoms with Gasteiger partial charge in [-0.25, -0.2) is 9.59 Å². The van der Waals surface area contributed by atoms with Crippen molar-refractivity contribution in [3.63, 3.8) is 0 Å². The van der Waals surface area contributed by atoms with E-state index in [-0.39, 0.29) is 10.8 Å². The summed E-state index contributed by atoms with van der Waals surface area (Å²) in [5.74, 6) is -1.05. The lowest BCUT2D eigenvalue weighted by molar-refractivity contribution is -0.233. The van der Waals surface area contributed by atoms with Crippen LogP contribution in [0.5, 0.6) is 0 Å². The van der Waals surface area contributed by atoms with E-state index in [2.05, 4.69) is 19.2 Å². The Bertz CT molecular complexity index is 554. The molecule has 3 atom stereocenters. The summed E-state index contributed by atoms with van der Waals surface area (Å²) >= 11 is 0. The molecule has 0 saturated heterocycles. The molecule has 0 heterocycles. The van der Waals surface area contributed by atoms with Gasteiger partial charge in [0.1, 0.15) is 11.6 Å². The molecular formula is C19H31NO5. The molecular weight excluding hydrogens is 322 g/mol. The molecule has 3 N–H and O–H groups in total. The largest absolute Gasteiger partial charge is 0.480 e. The van der Waals surface area contributed by atoms with Crippen LogP contribution in [0.1, 0.15) is 73.1 Å².